The molecule has 160 valence electrons. The van der Waals surface area contributed by atoms with E-state index in [0.29, 0.717) is 25.2 Å². The topological polar surface area (TPSA) is 93.0 Å². The smallest absolute Gasteiger partial charge is 0.222 e. The zero-order chi connectivity index (χ0) is 20.6. The maximum atomic E-state index is 5.56. The van der Waals surface area contributed by atoms with E-state index in [1.807, 2.05) is 31.3 Å². The van der Waals surface area contributed by atoms with Gasteiger partial charge in [0.05, 0.1) is 13.2 Å². The number of piperidine rings is 1. The Balaban J connectivity index is 1.29. The molecule has 3 aromatic heterocycles. The third kappa shape index (κ3) is 5.22. The van der Waals surface area contributed by atoms with Gasteiger partial charge in [0.1, 0.15) is 5.52 Å². The van der Waals surface area contributed by atoms with Crippen LogP contribution in [-0.4, -0.2) is 74.8 Å². The van der Waals surface area contributed by atoms with E-state index in [1.54, 1.807) is 12.4 Å². The first-order valence-electron chi connectivity index (χ1n) is 10.7. The van der Waals surface area contributed by atoms with Crippen LogP contribution in [0.15, 0.2) is 36.8 Å². The van der Waals surface area contributed by atoms with Gasteiger partial charge in [-0.25, -0.2) is 19.9 Å². The quantitative estimate of drug-likeness (QED) is 0.492. The number of imidazole rings is 1. The molecule has 9 heteroatoms. The van der Waals surface area contributed by atoms with Crippen molar-refractivity contribution in [3.63, 3.8) is 0 Å². The maximum Gasteiger partial charge on any atom is 0.222 e. The fourth-order valence-corrected chi connectivity index (χ4v) is 3.78. The van der Waals surface area contributed by atoms with E-state index >= 15 is 0 Å². The standard InChI is InChI=1S/C21H30N8O/c1-2-30-16-15-29-19-18(5-3-8-22-19)27-21(29)26-17-6-12-28(13-7-17)14-11-25-20-23-9-4-10-24-20/h3-5,8-10,17H,2,6-7,11-16H2,1H3,(H,26,27)(H,23,24,25). The summed E-state index contributed by atoms with van der Waals surface area (Å²) in [6, 6.07) is 6.18. The average Bonchev–Trinajstić information content (AvgIpc) is 3.13. The normalized spacial score (nSPS) is 15.5. The van der Waals surface area contributed by atoms with Gasteiger partial charge < -0.3 is 20.3 Å². The van der Waals surface area contributed by atoms with Crippen molar-refractivity contribution in [2.45, 2.75) is 32.4 Å². The van der Waals surface area contributed by atoms with Crippen molar-refractivity contribution in [3.8, 4) is 0 Å². The van der Waals surface area contributed by atoms with Gasteiger partial charge in [-0.05, 0) is 38.0 Å². The molecule has 30 heavy (non-hydrogen) atoms. The van der Waals surface area contributed by atoms with Gasteiger partial charge in [0, 0.05) is 57.4 Å². The number of nitrogens with zero attached hydrogens (tertiary/aromatic N) is 6. The van der Waals surface area contributed by atoms with Crippen LogP contribution in [0.25, 0.3) is 11.2 Å². The number of fused-ring (bicyclic) bond motifs is 1. The Kier molecular flexibility index (Phi) is 7.04. The lowest BCUT2D eigenvalue weighted by atomic mass is 10.1. The SMILES string of the molecule is CCOCCn1c(NC2CCN(CCNc3ncccn3)CC2)nc2cccnc21. The van der Waals surface area contributed by atoms with Crippen molar-refractivity contribution in [2.75, 3.05) is 50.0 Å². The van der Waals surface area contributed by atoms with Crippen LogP contribution in [0, 0.1) is 0 Å². The van der Waals surface area contributed by atoms with Crippen LogP contribution in [0.2, 0.25) is 0 Å². The number of rotatable bonds is 10. The molecule has 1 fully saturated rings. The lowest BCUT2D eigenvalue weighted by Crippen LogP contribution is -2.41. The molecule has 2 N–H and O–H groups in total. The van der Waals surface area contributed by atoms with Crippen LogP contribution in [-0.2, 0) is 11.3 Å². The average molecular weight is 411 g/mol. The molecule has 0 aliphatic carbocycles. The van der Waals surface area contributed by atoms with E-state index in [4.69, 9.17) is 9.72 Å². The number of pyridine rings is 1. The fourth-order valence-electron chi connectivity index (χ4n) is 3.78. The summed E-state index contributed by atoms with van der Waals surface area (Å²) in [5, 5.41) is 6.94. The van der Waals surface area contributed by atoms with Gasteiger partial charge in [-0.3, -0.25) is 4.57 Å². The Bertz CT molecular complexity index is 908. The molecule has 4 heterocycles. The van der Waals surface area contributed by atoms with Crippen LogP contribution < -0.4 is 10.6 Å². The van der Waals surface area contributed by atoms with Crippen molar-refractivity contribution in [3.05, 3.63) is 36.8 Å². The Hall–Kier alpha value is -2.78. The number of hydrogen-bond acceptors (Lipinski definition) is 8. The highest BCUT2D eigenvalue weighted by atomic mass is 16.5. The van der Waals surface area contributed by atoms with Gasteiger partial charge in [0.25, 0.3) is 0 Å². The Labute approximate surface area is 176 Å². The van der Waals surface area contributed by atoms with Crippen LogP contribution in [0.5, 0.6) is 0 Å². The molecule has 4 rings (SSSR count). The van der Waals surface area contributed by atoms with Crippen molar-refractivity contribution in [1.29, 1.82) is 0 Å². The van der Waals surface area contributed by atoms with Gasteiger partial charge in [-0.2, -0.15) is 0 Å². The zero-order valence-electron chi connectivity index (χ0n) is 17.5. The molecule has 3 aromatic rings. The summed E-state index contributed by atoms with van der Waals surface area (Å²) in [6.45, 7) is 8.09. The molecule has 0 saturated carbocycles. The van der Waals surface area contributed by atoms with Gasteiger partial charge in [-0.1, -0.05) is 0 Å². The summed E-state index contributed by atoms with van der Waals surface area (Å²) in [5.41, 5.74) is 1.83. The zero-order valence-corrected chi connectivity index (χ0v) is 17.5. The minimum atomic E-state index is 0.411. The van der Waals surface area contributed by atoms with Gasteiger partial charge in [0.2, 0.25) is 11.9 Å². The lowest BCUT2D eigenvalue weighted by molar-refractivity contribution is 0.140. The summed E-state index contributed by atoms with van der Waals surface area (Å²) in [6.07, 6.45) is 7.50. The lowest BCUT2D eigenvalue weighted by Gasteiger charge is -2.32. The fraction of sp³-hybridized carbons (Fsp3) is 0.524. The van der Waals surface area contributed by atoms with E-state index in [-0.39, 0.29) is 0 Å². The molecule has 0 bridgehead atoms. The van der Waals surface area contributed by atoms with E-state index in [9.17, 15) is 0 Å². The largest absolute Gasteiger partial charge is 0.380 e. The van der Waals surface area contributed by atoms with E-state index in [2.05, 4.69) is 35.1 Å². The highest BCUT2D eigenvalue weighted by molar-refractivity contribution is 5.74. The van der Waals surface area contributed by atoms with E-state index in [0.717, 1.165) is 62.7 Å². The van der Waals surface area contributed by atoms with Crippen molar-refractivity contribution < 1.29 is 4.74 Å². The first kappa shape index (κ1) is 20.5. The molecular weight excluding hydrogens is 380 g/mol. The molecule has 1 aliphatic heterocycles. The number of anilines is 2. The Morgan fingerprint density at radius 2 is 1.87 bits per heavy atom. The third-order valence-electron chi connectivity index (χ3n) is 5.36. The van der Waals surface area contributed by atoms with Crippen LogP contribution in [0.4, 0.5) is 11.9 Å². The van der Waals surface area contributed by atoms with Gasteiger partial charge >= 0.3 is 0 Å². The van der Waals surface area contributed by atoms with Gasteiger partial charge in [-0.15, -0.1) is 0 Å². The predicted octanol–water partition coefficient (Wildman–Crippen LogP) is 2.25. The highest BCUT2D eigenvalue weighted by Gasteiger charge is 2.21. The first-order valence-corrected chi connectivity index (χ1v) is 10.7. The van der Waals surface area contributed by atoms with Crippen LogP contribution >= 0.6 is 0 Å². The molecule has 0 radical (unpaired) electrons. The molecule has 0 unspecified atom stereocenters. The highest BCUT2D eigenvalue weighted by Crippen LogP contribution is 2.21. The molecule has 1 saturated heterocycles. The summed E-state index contributed by atoms with van der Waals surface area (Å²) < 4.78 is 7.70. The molecular formula is C21H30N8O. The molecule has 9 nitrogen and oxygen atoms in total. The second-order valence-corrected chi connectivity index (χ2v) is 7.39. The second kappa shape index (κ2) is 10.3. The number of hydrogen-bond donors (Lipinski definition) is 2. The summed E-state index contributed by atoms with van der Waals surface area (Å²) in [7, 11) is 0. The monoisotopic (exact) mass is 410 g/mol. The van der Waals surface area contributed by atoms with E-state index < -0.39 is 0 Å². The maximum absolute atomic E-state index is 5.56. The molecule has 0 amide bonds. The van der Waals surface area contributed by atoms with Crippen LogP contribution in [0.3, 0.4) is 0 Å². The van der Waals surface area contributed by atoms with Crippen molar-refractivity contribution >= 4 is 23.1 Å². The Morgan fingerprint density at radius 1 is 1.07 bits per heavy atom. The summed E-state index contributed by atoms with van der Waals surface area (Å²) in [4.78, 5) is 20.2. The molecule has 0 atom stereocenters. The number of ether oxygens (including phenoxy) is 1. The summed E-state index contributed by atoms with van der Waals surface area (Å²) in [5.74, 6) is 1.58. The second-order valence-electron chi connectivity index (χ2n) is 7.39. The van der Waals surface area contributed by atoms with Crippen molar-refractivity contribution in [2.24, 2.45) is 0 Å². The first-order chi connectivity index (χ1) is 14.8. The Morgan fingerprint density at radius 3 is 2.67 bits per heavy atom. The van der Waals surface area contributed by atoms with Crippen molar-refractivity contribution in [1.82, 2.24) is 29.4 Å². The van der Waals surface area contributed by atoms with Gasteiger partial charge in [0.15, 0.2) is 5.65 Å². The third-order valence-corrected chi connectivity index (χ3v) is 5.36. The molecule has 0 spiro atoms. The summed E-state index contributed by atoms with van der Waals surface area (Å²) >= 11 is 0. The van der Waals surface area contributed by atoms with Crippen LogP contribution in [0.1, 0.15) is 19.8 Å². The van der Waals surface area contributed by atoms with E-state index in [1.165, 1.54) is 0 Å². The number of aromatic nitrogens is 5. The molecule has 1 aliphatic rings. The predicted molar refractivity (Wildman–Crippen MR) is 118 cm³/mol. The molecule has 0 aromatic carbocycles. The minimum absolute atomic E-state index is 0.411. The number of likely N-dealkylation sites (tertiary alicyclic amines) is 1. The number of nitrogens with one attached hydrogen (secondary N) is 2. The minimum Gasteiger partial charge on any atom is -0.380 e.